The number of fused-ring (bicyclic) bond motifs is 2. The highest BCUT2D eigenvalue weighted by Gasteiger charge is 2.52. The normalized spacial score (nSPS) is 22.4. The molecule has 5 aliphatic rings. The molecule has 0 aromatic heterocycles. The molecule has 0 bridgehead atoms. The zero-order valence-corrected chi connectivity index (χ0v) is 22.1. The SMILES string of the molecule is Cc1cc(C2C(O)C(c3ccc4cc(C(C)C)ccc(C)c3-4)C2O)c2c(C)ccc(C(C)C)cc1-2. The first-order valence-electron chi connectivity index (χ1n) is 13.0. The van der Waals surface area contributed by atoms with Crippen molar-refractivity contribution in [1.29, 1.82) is 0 Å². The van der Waals surface area contributed by atoms with Crippen molar-refractivity contribution in [2.45, 2.75) is 84.3 Å². The molecule has 2 heteroatoms. The van der Waals surface area contributed by atoms with E-state index in [0.29, 0.717) is 11.8 Å². The maximum atomic E-state index is 11.5. The molecule has 0 aromatic rings. The lowest BCUT2D eigenvalue weighted by molar-refractivity contribution is -0.0779. The standard InChI is InChI=1S/C33H38O2/c1-17(2)22-10-8-19(5)28-24(15-22)12-13-25(28)30-32(34)31(33(30)35)27-14-21(7)26-16-23(18(3)4)11-9-20(6)29(26)27/h8-18,30-35H,1-7H3. The maximum Gasteiger partial charge on any atom is 0.0727 e. The highest BCUT2D eigenvalue weighted by Crippen LogP contribution is 2.54. The predicted molar refractivity (Wildman–Crippen MR) is 146 cm³/mol. The molecule has 35 heavy (non-hydrogen) atoms. The maximum absolute atomic E-state index is 11.5. The monoisotopic (exact) mass is 466 g/mol. The van der Waals surface area contributed by atoms with Crippen molar-refractivity contribution in [3.8, 4) is 22.3 Å². The minimum atomic E-state index is -0.621. The van der Waals surface area contributed by atoms with Gasteiger partial charge in [-0.05, 0) is 93.8 Å². The van der Waals surface area contributed by atoms with Gasteiger partial charge in [0.05, 0.1) is 12.2 Å². The predicted octanol–water partition coefficient (Wildman–Crippen LogP) is 7.67. The minimum absolute atomic E-state index is 0.282. The molecule has 0 aromatic carbocycles. The summed E-state index contributed by atoms with van der Waals surface area (Å²) in [6, 6.07) is 19.8. The topological polar surface area (TPSA) is 40.5 Å². The number of hydrogen-bond donors (Lipinski definition) is 2. The molecule has 5 rings (SSSR count). The van der Waals surface area contributed by atoms with Gasteiger partial charge in [-0.1, -0.05) is 82.3 Å². The van der Waals surface area contributed by atoms with Crippen LogP contribution in [0.3, 0.4) is 0 Å². The van der Waals surface area contributed by atoms with Gasteiger partial charge in [-0.3, -0.25) is 0 Å². The Balaban J connectivity index is 1.54. The highest BCUT2D eigenvalue weighted by molar-refractivity contribution is 5.80. The average Bonchev–Trinajstić information content (AvgIpc) is 3.20. The van der Waals surface area contributed by atoms with Gasteiger partial charge in [-0.25, -0.2) is 0 Å². The molecule has 5 aliphatic carbocycles. The van der Waals surface area contributed by atoms with E-state index >= 15 is 0 Å². The summed E-state index contributed by atoms with van der Waals surface area (Å²) in [6.45, 7) is 15.3. The second-order valence-electron chi connectivity index (χ2n) is 11.4. The summed E-state index contributed by atoms with van der Waals surface area (Å²) >= 11 is 0. The lowest BCUT2D eigenvalue weighted by Crippen LogP contribution is -2.51. The van der Waals surface area contributed by atoms with E-state index in [1.165, 1.54) is 50.1 Å². The Morgan fingerprint density at radius 3 is 1.71 bits per heavy atom. The molecule has 1 fully saturated rings. The second-order valence-corrected chi connectivity index (χ2v) is 11.4. The van der Waals surface area contributed by atoms with Gasteiger partial charge in [0.1, 0.15) is 0 Å². The van der Waals surface area contributed by atoms with Gasteiger partial charge in [0.2, 0.25) is 0 Å². The third-order valence-corrected chi connectivity index (χ3v) is 8.37. The van der Waals surface area contributed by atoms with Crippen LogP contribution in [0.2, 0.25) is 0 Å². The first-order valence-corrected chi connectivity index (χ1v) is 13.0. The Morgan fingerprint density at radius 2 is 1.11 bits per heavy atom. The van der Waals surface area contributed by atoms with Crippen molar-refractivity contribution in [3.05, 3.63) is 93.5 Å². The van der Waals surface area contributed by atoms with Crippen LogP contribution < -0.4 is 0 Å². The molecular formula is C33H38O2. The number of aryl methyl sites for hydroxylation is 3. The van der Waals surface area contributed by atoms with E-state index in [2.05, 4.69) is 103 Å². The fourth-order valence-electron chi connectivity index (χ4n) is 6.20. The molecule has 2 N–H and O–H groups in total. The van der Waals surface area contributed by atoms with Crippen LogP contribution in [0.4, 0.5) is 0 Å². The number of aliphatic hydroxyl groups is 2. The van der Waals surface area contributed by atoms with Crippen LogP contribution in [0.15, 0.2) is 54.6 Å². The smallest absolute Gasteiger partial charge is 0.0727 e. The van der Waals surface area contributed by atoms with Crippen LogP contribution in [0.5, 0.6) is 0 Å². The van der Waals surface area contributed by atoms with E-state index in [4.69, 9.17) is 0 Å². The largest absolute Gasteiger partial charge is 0.392 e. The Bertz CT molecular complexity index is 1320. The Labute approximate surface area is 210 Å². The summed E-state index contributed by atoms with van der Waals surface area (Å²) in [5, 5.41) is 23.0. The van der Waals surface area contributed by atoms with E-state index in [1.807, 2.05) is 0 Å². The second kappa shape index (κ2) is 8.76. The fraction of sp³-hybridized carbons (Fsp3) is 0.394. The minimum Gasteiger partial charge on any atom is -0.392 e. The van der Waals surface area contributed by atoms with Gasteiger partial charge in [-0.15, -0.1) is 0 Å². The van der Waals surface area contributed by atoms with Gasteiger partial charge in [0.25, 0.3) is 0 Å². The first kappa shape index (κ1) is 24.0. The van der Waals surface area contributed by atoms with Crippen LogP contribution in [0, 0.1) is 20.8 Å². The molecule has 182 valence electrons. The summed E-state index contributed by atoms with van der Waals surface area (Å²) < 4.78 is 0. The first-order chi connectivity index (χ1) is 16.6. The van der Waals surface area contributed by atoms with Crippen LogP contribution in [0.25, 0.3) is 22.3 Å². The Hall–Kier alpha value is -2.68. The van der Waals surface area contributed by atoms with Crippen molar-refractivity contribution in [2.75, 3.05) is 0 Å². The van der Waals surface area contributed by atoms with E-state index in [0.717, 1.165) is 11.1 Å². The van der Waals surface area contributed by atoms with Crippen molar-refractivity contribution in [3.63, 3.8) is 0 Å². The van der Waals surface area contributed by atoms with Crippen LogP contribution >= 0.6 is 0 Å². The molecule has 0 radical (unpaired) electrons. The third kappa shape index (κ3) is 3.79. The summed E-state index contributed by atoms with van der Waals surface area (Å²) in [5.74, 6) is 0.324. The van der Waals surface area contributed by atoms with Gasteiger partial charge in [0.15, 0.2) is 0 Å². The van der Waals surface area contributed by atoms with Crippen molar-refractivity contribution >= 4 is 0 Å². The quantitative estimate of drug-likeness (QED) is 0.324. The zero-order valence-electron chi connectivity index (χ0n) is 22.1. The summed E-state index contributed by atoms with van der Waals surface area (Å²) in [4.78, 5) is 0. The van der Waals surface area contributed by atoms with E-state index in [9.17, 15) is 10.2 Å². The number of aliphatic hydroxyl groups excluding tert-OH is 2. The van der Waals surface area contributed by atoms with Crippen molar-refractivity contribution < 1.29 is 10.2 Å². The fourth-order valence-corrected chi connectivity index (χ4v) is 6.20. The molecule has 0 spiro atoms. The van der Waals surface area contributed by atoms with Crippen molar-refractivity contribution in [2.24, 2.45) is 0 Å². The molecule has 0 aliphatic heterocycles. The van der Waals surface area contributed by atoms with Crippen molar-refractivity contribution in [1.82, 2.24) is 0 Å². The number of hydrogen-bond acceptors (Lipinski definition) is 2. The Morgan fingerprint density at radius 1 is 0.571 bits per heavy atom. The number of rotatable bonds is 4. The third-order valence-electron chi connectivity index (χ3n) is 8.37. The summed E-state index contributed by atoms with van der Waals surface area (Å²) in [6.07, 6.45) is -1.24. The van der Waals surface area contributed by atoms with Crippen LogP contribution in [-0.4, -0.2) is 22.4 Å². The lowest BCUT2D eigenvalue weighted by atomic mass is 9.62. The molecule has 2 nitrogen and oxygen atoms in total. The van der Waals surface area contributed by atoms with Gasteiger partial charge in [-0.2, -0.15) is 0 Å². The molecule has 2 atom stereocenters. The summed E-state index contributed by atoms with van der Waals surface area (Å²) in [5.41, 5.74) is 13.1. The van der Waals surface area contributed by atoms with E-state index in [1.54, 1.807) is 0 Å². The Kier molecular flexibility index (Phi) is 6.02. The van der Waals surface area contributed by atoms with Gasteiger partial charge >= 0.3 is 0 Å². The summed E-state index contributed by atoms with van der Waals surface area (Å²) in [7, 11) is 0. The highest BCUT2D eigenvalue weighted by atomic mass is 16.3. The lowest BCUT2D eigenvalue weighted by Gasteiger charge is -2.47. The molecule has 2 unspecified atom stereocenters. The molecular weight excluding hydrogens is 428 g/mol. The molecule has 1 saturated carbocycles. The molecule has 0 amide bonds. The molecule has 0 heterocycles. The van der Waals surface area contributed by atoms with Crippen LogP contribution in [0.1, 0.15) is 90.3 Å². The van der Waals surface area contributed by atoms with E-state index in [-0.39, 0.29) is 11.8 Å². The average molecular weight is 467 g/mol. The van der Waals surface area contributed by atoms with Crippen LogP contribution in [-0.2, 0) is 0 Å². The zero-order chi connectivity index (χ0) is 25.2. The van der Waals surface area contributed by atoms with Gasteiger partial charge < -0.3 is 10.2 Å². The van der Waals surface area contributed by atoms with Gasteiger partial charge in [0, 0.05) is 11.8 Å². The van der Waals surface area contributed by atoms with E-state index < -0.39 is 12.2 Å². The molecule has 0 saturated heterocycles.